The van der Waals surface area contributed by atoms with E-state index in [4.69, 9.17) is 0 Å². The van der Waals surface area contributed by atoms with Crippen molar-refractivity contribution in [1.82, 2.24) is 0 Å². The third-order valence-corrected chi connectivity index (χ3v) is 10.6. The zero-order valence-corrected chi connectivity index (χ0v) is 32.4. The van der Waals surface area contributed by atoms with Gasteiger partial charge < -0.3 is 20.4 Å². The maximum Gasteiger partial charge on any atom is 0.125 e. The van der Waals surface area contributed by atoms with Crippen molar-refractivity contribution in [3.05, 3.63) is 45.5 Å². The van der Waals surface area contributed by atoms with Gasteiger partial charge in [-0.15, -0.1) is 0 Å². The summed E-state index contributed by atoms with van der Waals surface area (Å²) in [6, 6.07) is 3.82. The summed E-state index contributed by atoms with van der Waals surface area (Å²) in [5, 5.41) is 45.8. The number of unbranched alkanes of at least 4 members (excludes halogenated alkanes) is 4. The largest absolute Gasteiger partial charge is 0.508 e. The van der Waals surface area contributed by atoms with Crippen LogP contribution in [-0.4, -0.2) is 20.4 Å². The van der Waals surface area contributed by atoms with Gasteiger partial charge in [0.15, 0.2) is 0 Å². The molecule has 0 amide bonds. The van der Waals surface area contributed by atoms with Gasteiger partial charge in [-0.25, -0.2) is 0 Å². The predicted molar refractivity (Wildman–Crippen MR) is 206 cm³/mol. The predicted octanol–water partition coefficient (Wildman–Crippen LogP) is 12.5. The second kappa shape index (κ2) is 22.4. The molecule has 2 atom stereocenters. The topological polar surface area (TPSA) is 80.9 Å². The number of phenolic OH excluding ortho intramolecular Hbond substituents is 4. The molecule has 0 saturated heterocycles. The minimum absolute atomic E-state index is 0.217. The first-order valence-corrected chi connectivity index (χ1v) is 20.0. The molecule has 0 bridgehead atoms. The molecule has 0 aliphatic rings. The van der Waals surface area contributed by atoms with E-state index in [0.717, 1.165) is 86.5 Å². The van der Waals surface area contributed by atoms with Crippen LogP contribution in [0.25, 0.3) is 0 Å². The molecule has 0 radical (unpaired) electrons. The molecule has 48 heavy (non-hydrogen) atoms. The molecule has 2 aromatic carbocycles. The second-order valence-electron chi connectivity index (χ2n) is 16.1. The number of rotatable bonds is 25. The fourth-order valence-electron chi connectivity index (χ4n) is 7.29. The van der Waals surface area contributed by atoms with Gasteiger partial charge >= 0.3 is 0 Å². The highest BCUT2D eigenvalue weighted by molar-refractivity contribution is 5.56. The highest BCUT2D eigenvalue weighted by Crippen LogP contribution is 2.40. The van der Waals surface area contributed by atoms with Crippen LogP contribution in [-0.2, 0) is 38.5 Å². The molecule has 0 aliphatic carbocycles. The van der Waals surface area contributed by atoms with E-state index in [2.05, 4.69) is 55.4 Å². The molecule has 4 N–H and O–H groups in total. The molecule has 0 heterocycles. The Morgan fingerprint density at radius 2 is 0.792 bits per heavy atom. The van der Waals surface area contributed by atoms with Crippen LogP contribution < -0.4 is 0 Å². The van der Waals surface area contributed by atoms with Crippen LogP contribution in [0.5, 0.6) is 23.0 Å². The Morgan fingerprint density at radius 1 is 0.417 bits per heavy atom. The molecular weight excluding hydrogens is 592 g/mol. The number of benzene rings is 2. The molecule has 0 unspecified atom stereocenters. The van der Waals surface area contributed by atoms with Gasteiger partial charge in [0, 0.05) is 11.1 Å². The van der Waals surface area contributed by atoms with Gasteiger partial charge in [0.1, 0.15) is 23.0 Å². The third kappa shape index (κ3) is 14.2. The summed E-state index contributed by atoms with van der Waals surface area (Å²) in [5.74, 6) is 3.43. The van der Waals surface area contributed by atoms with Crippen LogP contribution >= 0.6 is 0 Å². The van der Waals surface area contributed by atoms with Crippen molar-refractivity contribution >= 4 is 0 Å². The lowest BCUT2D eigenvalue weighted by Gasteiger charge is -2.21. The second-order valence-corrected chi connectivity index (χ2v) is 16.1. The smallest absolute Gasteiger partial charge is 0.125 e. The van der Waals surface area contributed by atoms with Gasteiger partial charge in [0.25, 0.3) is 0 Å². The van der Waals surface area contributed by atoms with Crippen LogP contribution in [0.15, 0.2) is 12.1 Å². The summed E-state index contributed by atoms with van der Waals surface area (Å²) in [6.45, 7) is 18.0. The minimum Gasteiger partial charge on any atom is -0.508 e. The van der Waals surface area contributed by atoms with Crippen molar-refractivity contribution in [3.63, 3.8) is 0 Å². The van der Waals surface area contributed by atoms with E-state index in [1.807, 2.05) is 12.1 Å². The molecule has 2 aromatic rings. The van der Waals surface area contributed by atoms with E-state index in [1.165, 1.54) is 38.5 Å². The molecule has 0 saturated carbocycles. The van der Waals surface area contributed by atoms with Crippen LogP contribution in [0.4, 0.5) is 0 Å². The Bertz CT molecular complexity index is 1100. The quantitative estimate of drug-likeness (QED) is 0.0795. The zero-order chi connectivity index (χ0) is 35.6. The molecule has 0 aliphatic heterocycles. The number of hydrogen-bond donors (Lipinski definition) is 4. The minimum atomic E-state index is 0.217. The summed E-state index contributed by atoms with van der Waals surface area (Å²) < 4.78 is 0. The maximum atomic E-state index is 11.7. The number of aromatic hydroxyl groups is 4. The molecular formula is C44H74O4. The van der Waals surface area contributed by atoms with Crippen LogP contribution in [0.1, 0.15) is 179 Å². The third-order valence-electron chi connectivity index (χ3n) is 10.6. The van der Waals surface area contributed by atoms with Crippen molar-refractivity contribution in [2.75, 3.05) is 0 Å². The highest BCUT2D eigenvalue weighted by Gasteiger charge is 2.22. The standard InChI is InChI=1S/C44H74O4/c1-9-11-13-21-35-29-41(45)39(25-23-33(7)19-15-17-31(3)4)43(47)37(35)27-28-38-36(22-14-12-10-2)30-42(46)40(44(38)48)26-24-34(8)20-16-18-32(5)6/h29-34,45-48H,9-28H2,1-8H3/t33-,34-/m0/s1. The zero-order valence-electron chi connectivity index (χ0n) is 32.4. The normalized spacial score (nSPS) is 13.1. The van der Waals surface area contributed by atoms with Crippen molar-refractivity contribution < 1.29 is 20.4 Å². The van der Waals surface area contributed by atoms with Gasteiger partial charge in [0.2, 0.25) is 0 Å². The average molecular weight is 667 g/mol. The number of hydrogen-bond acceptors (Lipinski definition) is 4. The molecule has 0 aromatic heterocycles. The van der Waals surface area contributed by atoms with Gasteiger partial charge in [-0.3, -0.25) is 0 Å². The van der Waals surface area contributed by atoms with E-state index < -0.39 is 0 Å². The molecule has 0 spiro atoms. The SMILES string of the molecule is CCCCCc1cc(O)c(CC[C@@H](C)CCCC(C)C)c(O)c1CCc1c(CCCCC)cc(O)c(CC[C@@H](C)CCCC(C)C)c1O. The summed E-state index contributed by atoms with van der Waals surface area (Å²) in [6.07, 6.45) is 19.7. The molecule has 0 fully saturated rings. The van der Waals surface area contributed by atoms with Crippen molar-refractivity contribution in [3.8, 4) is 23.0 Å². The van der Waals surface area contributed by atoms with Crippen LogP contribution in [0, 0.1) is 23.7 Å². The highest BCUT2D eigenvalue weighted by atomic mass is 16.3. The monoisotopic (exact) mass is 667 g/mol. The molecule has 4 heteroatoms. The van der Waals surface area contributed by atoms with Gasteiger partial charge in [-0.2, -0.15) is 0 Å². The first-order chi connectivity index (χ1) is 22.9. The van der Waals surface area contributed by atoms with Gasteiger partial charge in [-0.05, 0) is 122 Å². The summed E-state index contributed by atoms with van der Waals surface area (Å²) in [5.41, 5.74) is 5.22. The number of phenols is 4. The van der Waals surface area contributed by atoms with E-state index in [0.29, 0.717) is 60.5 Å². The Balaban J connectivity index is 2.38. The number of aryl methyl sites for hydroxylation is 2. The summed E-state index contributed by atoms with van der Waals surface area (Å²) >= 11 is 0. The summed E-state index contributed by atoms with van der Waals surface area (Å²) in [4.78, 5) is 0. The fraction of sp³-hybridized carbons (Fsp3) is 0.727. The maximum absolute atomic E-state index is 11.7. The van der Waals surface area contributed by atoms with E-state index in [9.17, 15) is 20.4 Å². The molecule has 2 rings (SSSR count). The van der Waals surface area contributed by atoms with Crippen molar-refractivity contribution in [2.45, 2.75) is 184 Å². The Kier molecular flexibility index (Phi) is 19.5. The molecule has 274 valence electrons. The van der Waals surface area contributed by atoms with Crippen molar-refractivity contribution in [1.29, 1.82) is 0 Å². The van der Waals surface area contributed by atoms with E-state index in [-0.39, 0.29) is 23.0 Å². The fourth-order valence-corrected chi connectivity index (χ4v) is 7.29. The van der Waals surface area contributed by atoms with Gasteiger partial charge in [0.05, 0.1) is 0 Å². The van der Waals surface area contributed by atoms with E-state index in [1.54, 1.807) is 0 Å². The summed E-state index contributed by atoms with van der Waals surface area (Å²) in [7, 11) is 0. The Hall–Kier alpha value is -2.36. The lowest BCUT2D eigenvalue weighted by molar-refractivity contribution is 0.407. The first kappa shape index (κ1) is 41.8. The van der Waals surface area contributed by atoms with Crippen LogP contribution in [0.3, 0.4) is 0 Å². The van der Waals surface area contributed by atoms with E-state index >= 15 is 0 Å². The molecule has 4 nitrogen and oxygen atoms in total. The average Bonchev–Trinajstić information content (AvgIpc) is 3.01. The van der Waals surface area contributed by atoms with Crippen LogP contribution in [0.2, 0.25) is 0 Å². The first-order valence-electron chi connectivity index (χ1n) is 20.0. The van der Waals surface area contributed by atoms with Gasteiger partial charge in [-0.1, -0.05) is 120 Å². The van der Waals surface area contributed by atoms with Crippen molar-refractivity contribution in [2.24, 2.45) is 23.7 Å². The Labute approximate surface area is 295 Å². The Morgan fingerprint density at radius 3 is 1.12 bits per heavy atom. The lowest BCUT2D eigenvalue weighted by atomic mass is 9.87. The lowest BCUT2D eigenvalue weighted by Crippen LogP contribution is -2.06.